The van der Waals surface area contributed by atoms with Crippen molar-refractivity contribution < 1.29 is 14.3 Å². The highest BCUT2D eigenvalue weighted by molar-refractivity contribution is 7.17. The standard InChI is InChI=1S/C20H19N3O3S/c24-18(14-1-2-16-17(11-14)26-9-8-25-16)13-3-6-23(7-4-13)20-19-15(5-10-27-19)21-12-22-20/h1-2,5,10-13H,3-4,6-9H2. The number of ketones is 1. The molecule has 5 rings (SSSR count). The predicted molar refractivity (Wildman–Crippen MR) is 104 cm³/mol. The van der Waals surface area contributed by atoms with Crippen LogP contribution in [0.2, 0.25) is 0 Å². The number of fused-ring (bicyclic) bond motifs is 2. The van der Waals surface area contributed by atoms with E-state index < -0.39 is 0 Å². The Morgan fingerprint density at radius 2 is 1.89 bits per heavy atom. The van der Waals surface area contributed by atoms with Gasteiger partial charge in [-0.25, -0.2) is 9.97 Å². The predicted octanol–water partition coefficient (Wildman–Crippen LogP) is 3.56. The summed E-state index contributed by atoms with van der Waals surface area (Å²) in [6.45, 7) is 2.73. The van der Waals surface area contributed by atoms with E-state index in [2.05, 4.69) is 14.9 Å². The summed E-state index contributed by atoms with van der Waals surface area (Å²) in [5.74, 6) is 2.60. The van der Waals surface area contributed by atoms with E-state index >= 15 is 0 Å². The third-order valence-corrected chi connectivity index (χ3v) is 6.12. The second-order valence-corrected chi connectivity index (χ2v) is 7.73. The van der Waals surface area contributed by atoms with Gasteiger partial charge in [0.05, 0.1) is 10.2 Å². The number of thiophene rings is 1. The van der Waals surface area contributed by atoms with Crippen molar-refractivity contribution in [2.24, 2.45) is 5.92 Å². The van der Waals surface area contributed by atoms with Crippen LogP contribution in [0.15, 0.2) is 36.0 Å². The first-order chi connectivity index (χ1) is 13.3. The molecule has 0 amide bonds. The fraction of sp³-hybridized carbons (Fsp3) is 0.350. The Balaban J connectivity index is 1.30. The zero-order valence-electron chi connectivity index (χ0n) is 14.8. The molecule has 0 spiro atoms. The number of Topliss-reactive ketones (excluding diaryl/α,β-unsaturated/α-hetero) is 1. The number of nitrogens with zero attached hydrogens (tertiary/aromatic N) is 3. The molecule has 2 aromatic heterocycles. The average molecular weight is 381 g/mol. The number of benzene rings is 1. The summed E-state index contributed by atoms with van der Waals surface area (Å²) in [5.41, 5.74) is 1.69. The lowest BCUT2D eigenvalue weighted by molar-refractivity contribution is 0.0899. The molecular formula is C20H19N3O3S. The van der Waals surface area contributed by atoms with Gasteiger partial charge in [-0.1, -0.05) is 0 Å². The Kier molecular flexibility index (Phi) is 4.16. The van der Waals surface area contributed by atoms with Crippen LogP contribution in [0.25, 0.3) is 10.2 Å². The lowest BCUT2D eigenvalue weighted by atomic mass is 9.88. The first kappa shape index (κ1) is 16.5. The van der Waals surface area contributed by atoms with Crippen LogP contribution in [0.3, 0.4) is 0 Å². The molecule has 6 nitrogen and oxygen atoms in total. The second kappa shape index (κ2) is 6.81. The highest BCUT2D eigenvalue weighted by Gasteiger charge is 2.28. The van der Waals surface area contributed by atoms with E-state index in [9.17, 15) is 4.79 Å². The highest BCUT2D eigenvalue weighted by Crippen LogP contribution is 2.34. The molecule has 2 aliphatic rings. The zero-order valence-corrected chi connectivity index (χ0v) is 15.6. The molecule has 0 aliphatic carbocycles. The molecule has 138 valence electrons. The van der Waals surface area contributed by atoms with E-state index in [4.69, 9.17) is 9.47 Å². The summed E-state index contributed by atoms with van der Waals surface area (Å²) in [6.07, 6.45) is 3.27. The average Bonchev–Trinajstić information content (AvgIpc) is 3.22. The monoisotopic (exact) mass is 381 g/mol. The molecule has 1 fully saturated rings. The van der Waals surface area contributed by atoms with E-state index in [1.54, 1.807) is 17.7 Å². The molecule has 0 atom stereocenters. The normalized spacial score (nSPS) is 17.3. The minimum absolute atomic E-state index is 0.0319. The van der Waals surface area contributed by atoms with E-state index in [0.29, 0.717) is 24.5 Å². The van der Waals surface area contributed by atoms with Crippen molar-refractivity contribution in [1.29, 1.82) is 0 Å². The number of carbonyl (C=O) groups excluding carboxylic acids is 1. The first-order valence-electron chi connectivity index (χ1n) is 9.16. The van der Waals surface area contributed by atoms with Gasteiger partial charge in [0, 0.05) is 24.6 Å². The number of anilines is 1. The number of carbonyl (C=O) groups is 1. The van der Waals surface area contributed by atoms with Gasteiger partial charge in [0.2, 0.25) is 0 Å². The topological polar surface area (TPSA) is 64.6 Å². The zero-order chi connectivity index (χ0) is 18.2. The molecule has 4 heterocycles. The Hall–Kier alpha value is -2.67. The van der Waals surface area contributed by atoms with Crippen LogP contribution in [0.4, 0.5) is 5.82 Å². The molecule has 7 heteroatoms. The van der Waals surface area contributed by atoms with E-state index in [0.717, 1.165) is 47.7 Å². The smallest absolute Gasteiger partial charge is 0.166 e. The molecule has 0 saturated carbocycles. The third kappa shape index (κ3) is 3.02. The summed E-state index contributed by atoms with van der Waals surface area (Å²) in [6, 6.07) is 7.53. The summed E-state index contributed by atoms with van der Waals surface area (Å²) < 4.78 is 12.3. The van der Waals surface area contributed by atoms with Gasteiger partial charge in [-0.3, -0.25) is 4.79 Å². The first-order valence-corrected chi connectivity index (χ1v) is 10.0. The lowest BCUT2D eigenvalue weighted by Gasteiger charge is -2.32. The van der Waals surface area contributed by atoms with E-state index in [-0.39, 0.29) is 11.7 Å². The summed E-state index contributed by atoms with van der Waals surface area (Å²) >= 11 is 1.67. The van der Waals surface area contributed by atoms with Crippen LogP contribution in [0.1, 0.15) is 23.2 Å². The number of hydrogen-bond acceptors (Lipinski definition) is 7. The maximum absolute atomic E-state index is 13.0. The molecule has 0 bridgehead atoms. The maximum atomic E-state index is 13.0. The molecule has 0 unspecified atom stereocenters. The molecule has 1 saturated heterocycles. The van der Waals surface area contributed by atoms with Crippen molar-refractivity contribution in [3.63, 3.8) is 0 Å². The Morgan fingerprint density at radius 3 is 2.74 bits per heavy atom. The highest BCUT2D eigenvalue weighted by atomic mass is 32.1. The number of rotatable bonds is 3. The summed E-state index contributed by atoms with van der Waals surface area (Å²) in [7, 11) is 0. The van der Waals surface area contributed by atoms with E-state index in [1.807, 2.05) is 29.6 Å². The van der Waals surface area contributed by atoms with Crippen molar-refractivity contribution in [3.05, 3.63) is 41.5 Å². The third-order valence-electron chi connectivity index (χ3n) is 5.22. The van der Waals surface area contributed by atoms with Gasteiger partial charge in [0.1, 0.15) is 25.4 Å². The second-order valence-electron chi connectivity index (χ2n) is 6.82. The molecule has 3 aromatic rings. The minimum Gasteiger partial charge on any atom is -0.486 e. The molecule has 0 radical (unpaired) electrons. The van der Waals surface area contributed by atoms with Crippen LogP contribution in [0.5, 0.6) is 11.5 Å². The number of hydrogen-bond donors (Lipinski definition) is 0. The van der Waals surface area contributed by atoms with Crippen LogP contribution in [-0.4, -0.2) is 42.1 Å². The fourth-order valence-electron chi connectivity index (χ4n) is 3.79. The van der Waals surface area contributed by atoms with Crippen molar-refractivity contribution in [2.45, 2.75) is 12.8 Å². The van der Waals surface area contributed by atoms with Crippen LogP contribution in [-0.2, 0) is 0 Å². The fourth-order valence-corrected chi connectivity index (χ4v) is 4.65. The minimum atomic E-state index is 0.0319. The van der Waals surface area contributed by atoms with Gasteiger partial charge in [-0.05, 0) is 42.5 Å². The van der Waals surface area contributed by atoms with Crippen LogP contribution in [0, 0.1) is 5.92 Å². The van der Waals surface area contributed by atoms with Gasteiger partial charge in [-0.2, -0.15) is 0 Å². The summed E-state index contributed by atoms with van der Waals surface area (Å²) in [5, 5.41) is 2.04. The Morgan fingerprint density at radius 1 is 1.07 bits per heavy atom. The van der Waals surface area contributed by atoms with Gasteiger partial charge < -0.3 is 14.4 Å². The lowest BCUT2D eigenvalue weighted by Crippen LogP contribution is -2.37. The van der Waals surface area contributed by atoms with Gasteiger partial charge >= 0.3 is 0 Å². The quantitative estimate of drug-likeness (QED) is 0.647. The summed E-state index contributed by atoms with van der Waals surface area (Å²) in [4.78, 5) is 24.0. The SMILES string of the molecule is O=C(c1ccc2c(c1)OCCO2)C1CCN(c2ncnc3ccsc23)CC1. The van der Waals surface area contributed by atoms with Gasteiger partial charge in [0.15, 0.2) is 17.3 Å². The maximum Gasteiger partial charge on any atom is 0.166 e. The molecule has 1 aromatic carbocycles. The molecule has 27 heavy (non-hydrogen) atoms. The van der Waals surface area contributed by atoms with E-state index in [1.165, 1.54) is 0 Å². The number of ether oxygens (including phenoxy) is 2. The van der Waals surface area contributed by atoms with Crippen LogP contribution < -0.4 is 14.4 Å². The van der Waals surface area contributed by atoms with Crippen molar-refractivity contribution in [1.82, 2.24) is 9.97 Å². The number of aromatic nitrogens is 2. The van der Waals surface area contributed by atoms with Gasteiger partial charge in [0.25, 0.3) is 0 Å². The van der Waals surface area contributed by atoms with Crippen molar-refractivity contribution in [2.75, 3.05) is 31.2 Å². The molecular weight excluding hydrogens is 362 g/mol. The Labute approximate surface area is 160 Å². The Bertz CT molecular complexity index is 995. The van der Waals surface area contributed by atoms with Crippen molar-refractivity contribution >= 4 is 33.2 Å². The van der Waals surface area contributed by atoms with Crippen LogP contribution >= 0.6 is 11.3 Å². The van der Waals surface area contributed by atoms with Crippen molar-refractivity contribution in [3.8, 4) is 11.5 Å². The largest absolute Gasteiger partial charge is 0.486 e. The van der Waals surface area contributed by atoms with Gasteiger partial charge in [-0.15, -0.1) is 11.3 Å². The molecule has 0 N–H and O–H groups in total. The molecule has 2 aliphatic heterocycles. The number of piperidine rings is 1.